The highest BCUT2D eigenvalue weighted by molar-refractivity contribution is 8.00. The molecule has 7 nitrogen and oxygen atoms in total. The van der Waals surface area contributed by atoms with Gasteiger partial charge in [-0.1, -0.05) is 104 Å². The topological polar surface area (TPSA) is 92.6 Å². The van der Waals surface area contributed by atoms with Gasteiger partial charge in [0.05, 0.1) is 11.6 Å². The first-order chi connectivity index (χ1) is 22.7. The van der Waals surface area contributed by atoms with E-state index in [4.69, 9.17) is 4.74 Å². The van der Waals surface area contributed by atoms with E-state index in [9.17, 15) is 19.1 Å². The zero-order chi connectivity index (χ0) is 33.1. The second kappa shape index (κ2) is 13.9. The lowest BCUT2D eigenvalue weighted by molar-refractivity contribution is -0.132. The Hall–Kier alpha value is -4.80. The third-order valence-corrected chi connectivity index (χ3v) is 10.2. The molecule has 10 heteroatoms. The summed E-state index contributed by atoms with van der Waals surface area (Å²) in [5.74, 6) is -1.05. The molecular formula is C37H32FN3O4S2. The predicted molar refractivity (Wildman–Crippen MR) is 183 cm³/mol. The van der Waals surface area contributed by atoms with E-state index in [0.29, 0.717) is 39.1 Å². The van der Waals surface area contributed by atoms with Crippen molar-refractivity contribution in [2.75, 3.05) is 4.90 Å². The smallest absolute Gasteiger partial charge is 0.301 e. The maximum Gasteiger partial charge on any atom is 0.301 e. The number of aliphatic hydroxyl groups is 1. The van der Waals surface area contributed by atoms with Crippen LogP contribution in [0.3, 0.4) is 0 Å². The molecule has 1 unspecified atom stereocenters. The van der Waals surface area contributed by atoms with Gasteiger partial charge in [-0.2, -0.15) is 0 Å². The standard InChI is InChI=1S/C37H32FN3O4S2/c1-22(2)24-12-14-25(15-13-24)32-31(33(42)26-16-18-29(19-17-26)45-20-27-9-5-4-8-23(27)3)34(43)35(44)41(32)36-39-40-37(47-36)46-21-28-10-6-7-11-30(28)38/h4-19,22,32,42H,20-21H2,1-3H3. The number of anilines is 1. The lowest BCUT2D eigenvalue weighted by Crippen LogP contribution is -2.29. The van der Waals surface area contributed by atoms with Gasteiger partial charge in [-0.3, -0.25) is 14.5 Å². The fraction of sp³-hybridized carbons (Fsp3) is 0.189. The van der Waals surface area contributed by atoms with Crippen LogP contribution in [-0.2, 0) is 21.9 Å². The predicted octanol–water partition coefficient (Wildman–Crippen LogP) is 8.61. The maximum absolute atomic E-state index is 14.2. The molecule has 1 saturated heterocycles. The number of carbonyl (C=O) groups excluding carboxylic acids is 2. The number of benzene rings is 4. The number of thioether (sulfide) groups is 1. The summed E-state index contributed by atoms with van der Waals surface area (Å²) < 4.78 is 20.7. The van der Waals surface area contributed by atoms with Crippen LogP contribution in [0.1, 0.15) is 59.2 Å². The molecule has 1 aromatic heterocycles. The average Bonchev–Trinajstić information content (AvgIpc) is 3.65. The molecule has 1 aliphatic heterocycles. The Morgan fingerprint density at radius 3 is 2.30 bits per heavy atom. The number of hydrogen-bond acceptors (Lipinski definition) is 8. The van der Waals surface area contributed by atoms with E-state index >= 15 is 0 Å². The second-order valence-corrected chi connectivity index (χ2v) is 13.6. The van der Waals surface area contributed by atoms with Crippen LogP contribution in [0.5, 0.6) is 5.75 Å². The van der Waals surface area contributed by atoms with E-state index in [0.717, 1.165) is 28.0 Å². The molecule has 1 amide bonds. The third kappa shape index (κ3) is 6.84. The second-order valence-electron chi connectivity index (χ2n) is 11.5. The zero-order valence-corrected chi connectivity index (χ0v) is 27.6. The molecule has 6 rings (SSSR count). The highest BCUT2D eigenvalue weighted by atomic mass is 32.2. The minimum absolute atomic E-state index is 0.0448. The zero-order valence-electron chi connectivity index (χ0n) is 26.0. The van der Waals surface area contributed by atoms with Gasteiger partial charge in [-0.05, 0) is 71.0 Å². The Morgan fingerprint density at radius 1 is 0.936 bits per heavy atom. The molecule has 1 atom stereocenters. The van der Waals surface area contributed by atoms with Gasteiger partial charge in [0.25, 0.3) is 5.78 Å². The van der Waals surface area contributed by atoms with Gasteiger partial charge < -0.3 is 9.84 Å². The monoisotopic (exact) mass is 665 g/mol. The van der Waals surface area contributed by atoms with E-state index in [1.807, 2.05) is 55.5 Å². The van der Waals surface area contributed by atoms with Crippen molar-refractivity contribution in [3.8, 4) is 5.75 Å². The molecule has 1 aliphatic rings. The van der Waals surface area contributed by atoms with Crippen LogP contribution >= 0.6 is 23.1 Å². The van der Waals surface area contributed by atoms with Crippen molar-refractivity contribution in [1.29, 1.82) is 0 Å². The number of Topliss-reactive ketones (excluding diaryl/α,β-unsaturated/α-hetero) is 1. The summed E-state index contributed by atoms with van der Waals surface area (Å²) in [6.07, 6.45) is 0. The summed E-state index contributed by atoms with van der Waals surface area (Å²) in [7, 11) is 0. The highest BCUT2D eigenvalue weighted by Crippen LogP contribution is 2.44. The Morgan fingerprint density at radius 2 is 1.62 bits per heavy atom. The number of hydrogen-bond donors (Lipinski definition) is 1. The minimum Gasteiger partial charge on any atom is -0.507 e. The van der Waals surface area contributed by atoms with Crippen LogP contribution in [0.2, 0.25) is 0 Å². The molecule has 2 heterocycles. The summed E-state index contributed by atoms with van der Waals surface area (Å²) in [4.78, 5) is 28.6. The number of halogens is 1. The molecule has 0 radical (unpaired) electrons. The number of amides is 1. The summed E-state index contributed by atoms with van der Waals surface area (Å²) >= 11 is 2.42. The fourth-order valence-corrected chi connectivity index (χ4v) is 7.17. The van der Waals surface area contributed by atoms with Gasteiger partial charge in [0.2, 0.25) is 5.13 Å². The molecule has 5 aromatic rings. The molecule has 0 spiro atoms. The molecule has 1 fully saturated rings. The fourth-order valence-electron chi connectivity index (χ4n) is 5.32. The minimum atomic E-state index is -0.939. The van der Waals surface area contributed by atoms with Crippen molar-refractivity contribution in [1.82, 2.24) is 10.2 Å². The summed E-state index contributed by atoms with van der Waals surface area (Å²) in [6, 6.07) is 27.9. The number of aliphatic hydroxyl groups excluding tert-OH is 1. The number of carbonyl (C=O) groups is 2. The first-order valence-electron chi connectivity index (χ1n) is 15.1. The molecular weight excluding hydrogens is 634 g/mol. The number of aromatic nitrogens is 2. The molecule has 0 saturated carbocycles. The first-order valence-corrected chi connectivity index (χ1v) is 16.9. The van der Waals surface area contributed by atoms with Gasteiger partial charge in [-0.25, -0.2) is 4.39 Å². The Kier molecular flexibility index (Phi) is 9.51. The number of ketones is 1. The van der Waals surface area contributed by atoms with Gasteiger partial charge in [0.15, 0.2) is 4.34 Å². The molecule has 4 aromatic carbocycles. The average molecular weight is 666 g/mol. The van der Waals surface area contributed by atoms with E-state index in [-0.39, 0.29) is 28.2 Å². The normalized spacial score (nSPS) is 15.9. The molecule has 47 heavy (non-hydrogen) atoms. The molecule has 0 bridgehead atoms. The summed E-state index contributed by atoms with van der Waals surface area (Å²) in [5, 5.41) is 20.3. The van der Waals surface area contributed by atoms with Crippen LogP contribution in [-0.4, -0.2) is 27.0 Å². The SMILES string of the molecule is Cc1ccccc1COc1ccc(C(O)=C2C(=O)C(=O)N(c3nnc(SCc4ccccc4F)s3)C2c2ccc(C(C)C)cc2)cc1. The maximum atomic E-state index is 14.2. The van der Waals surface area contributed by atoms with Crippen molar-refractivity contribution in [2.24, 2.45) is 0 Å². The van der Waals surface area contributed by atoms with Crippen molar-refractivity contribution in [3.05, 3.63) is 142 Å². The van der Waals surface area contributed by atoms with Gasteiger partial charge in [0, 0.05) is 11.3 Å². The van der Waals surface area contributed by atoms with E-state index in [2.05, 4.69) is 24.0 Å². The van der Waals surface area contributed by atoms with E-state index < -0.39 is 17.7 Å². The Labute approximate surface area is 280 Å². The lowest BCUT2D eigenvalue weighted by Gasteiger charge is -2.23. The van der Waals surface area contributed by atoms with Crippen LogP contribution in [0.15, 0.2) is 107 Å². The van der Waals surface area contributed by atoms with Crippen LogP contribution in [0.25, 0.3) is 5.76 Å². The number of nitrogens with zero attached hydrogens (tertiary/aromatic N) is 3. The van der Waals surface area contributed by atoms with Crippen LogP contribution in [0, 0.1) is 12.7 Å². The quantitative estimate of drug-likeness (QED) is 0.0525. The third-order valence-electron chi connectivity index (χ3n) is 8.06. The van der Waals surface area contributed by atoms with Crippen molar-refractivity contribution < 1.29 is 23.8 Å². The van der Waals surface area contributed by atoms with Crippen molar-refractivity contribution in [3.63, 3.8) is 0 Å². The largest absolute Gasteiger partial charge is 0.507 e. The van der Waals surface area contributed by atoms with Gasteiger partial charge in [-0.15, -0.1) is 10.2 Å². The molecule has 0 aliphatic carbocycles. The van der Waals surface area contributed by atoms with Gasteiger partial charge >= 0.3 is 5.91 Å². The summed E-state index contributed by atoms with van der Waals surface area (Å²) in [5.41, 5.74) is 4.77. The summed E-state index contributed by atoms with van der Waals surface area (Å²) in [6.45, 7) is 6.57. The van der Waals surface area contributed by atoms with Gasteiger partial charge in [0.1, 0.15) is 23.9 Å². The lowest BCUT2D eigenvalue weighted by atomic mass is 9.93. The van der Waals surface area contributed by atoms with Crippen LogP contribution in [0.4, 0.5) is 9.52 Å². The molecule has 238 valence electrons. The molecule has 1 N–H and O–H groups in total. The van der Waals surface area contributed by atoms with Crippen molar-refractivity contribution >= 4 is 45.7 Å². The Bertz CT molecular complexity index is 1960. The highest BCUT2D eigenvalue weighted by Gasteiger charge is 2.48. The number of ether oxygens (including phenoxy) is 1. The van der Waals surface area contributed by atoms with E-state index in [1.54, 1.807) is 42.5 Å². The van der Waals surface area contributed by atoms with Crippen molar-refractivity contribution in [2.45, 2.75) is 49.4 Å². The van der Waals surface area contributed by atoms with E-state index in [1.165, 1.54) is 22.7 Å². The number of aryl methyl sites for hydroxylation is 1. The van der Waals surface area contributed by atoms with Crippen LogP contribution < -0.4 is 9.64 Å². The Balaban J connectivity index is 1.32. The number of rotatable bonds is 10. The first kappa shape index (κ1) is 32.2.